The first-order valence-electron chi connectivity index (χ1n) is 8.72. The van der Waals surface area contributed by atoms with Gasteiger partial charge in [-0.15, -0.1) is 11.3 Å². The predicted octanol–water partition coefficient (Wildman–Crippen LogP) is 5.31. The Balaban J connectivity index is 1.89. The van der Waals surface area contributed by atoms with E-state index in [2.05, 4.69) is 92.8 Å². The van der Waals surface area contributed by atoms with Crippen LogP contribution in [0.15, 0.2) is 42.5 Å². The Kier molecular flexibility index (Phi) is 4.64. The molecule has 0 N–H and O–H groups in total. The van der Waals surface area contributed by atoms with Crippen LogP contribution < -0.4 is 4.90 Å². The van der Waals surface area contributed by atoms with Crippen molar-refractivity contribution in [2.75, 3.05) is 25.0 Å². The zero-order valence-electron chi connectivity index (χ0n) is 15.3. The van der Waals surface area contributed by atoms with Crippen molar-refractivity contribution in [1.29, 1.82) is 0 Å². The Morgan fingerprint density at radius 3 is 2.42 bits per heavy atom. The van der Waals surface area contributed by atoms with E-state index < -0.39 is 0 Å². The lowest BCUT2D eigenvalue weighted by Crippen LogP contribution is -2.26. The molecule has 0 radical (unpaired) electrons. The highest BCUT2D eigenvalue weighted by Crippen LogP contribution is 2.39. The number of thiophene rings is 1. The molecule has 0 unspecified atom stereocenters. The lowest BCUT2D eigenvalue weighted by atomic mass is 9.81. The second-order valence-corrected chi connectivity index (χ2v) is 7.86. The van der Waals surface area contributed by atoms with Gasteiger partial charge in [-0.1, -0.05) is 18.2 Å². The van der Waals surface area contributed by atoms with Crippen molar-refractivity contribution >= 4 is 33.8 Å². The number of fused-ring (bicyclic) bond motifs is 1. The van der Waals surface area contributed by atoms with Crippen molar-refractivity contribution in [1.82, 2.24) is 0 Å². The summed E-state index contributed by atoms with van der Waals surface area (Å²) in [4.78, 5) is 3.71. The summed E-state index contributed by atoms with van der Waals surface area (Å²) in [6.07, 6.45) is 4.55. The first-order valence-corrected chi connectivity index (χ1v) is 9.54. The summed E-state index contributed by atoms with van der Waals surface area (Å²) in [7, 11) is 2.17. The summed E-state index contributed by atoms with van der Waals surface area (Å²) in [5, 5.41) is 1.35. The monoisotopic (exact) mass is 339 g/mol. The Bertz CT molecular complexity index is 792. The van der Waals surface area contributed by atoms with Crippen LogP contribution in [0.5, 0.6) is 0 Å². The molecule has 1 aromatic carbocycles. The number of anilines is 1. The lowest BCUT2D eigenvalue weighted by molar-refractivity contribution is -0.401. The van der Waals surface area contributed by atoms with Crippen LogP contribution in [0.25, 0.3) is 6.08 Å². The first-order chi connectivity index (χ1) is 11.5. The van der Waals surface area contributed by atoms with Crippen molar-refractivity contribution in [3.63, 3.8) is 0 Å². The summed E-state index contributed by atoms with van der Waals surface area (Å²) < 4.78 is 2.32. The average molecular weight is 340 g/mol. The van der Waals surface area contributed by atoms with Gasteiger partial charge in [0, 0.05) is 35.7 Å². The summed E-state index contributed by atoms with van der Waals surface area (Å²) in [6, 6.07) is 13.2. The molecule has 2 aromatic rings. The quantitative estimate of drug-likeness (QED) is 0.669. The number of nitrogens with zero attached hydrogens (tertiary/aromatic N) is 2. The highest BCUT2D eigenvalue weighted by atomic mass is 32.1. The van der Waals surface area contributed by atoms with Crippen molar-refractivity contribution in [3.05, 3.63) is 52.9 Å². The second kappa shape index (κ2) is 6.56. The maximum atomic E-state index is 2.40. The number of allylic oxidation sites excluding steroid dienone is 1. The third-order valence-electron chi connectivity index (χ3n) is 5.03. The molecule has 2 heterocycles. The van der Waals surface area contributed by atoms with Crippen LogP contribution >= 0.6 is 11.3 Å². The topological polar surface area (TPSA) is 6.25 Å². The fraction of sp³-hybridized carbons (Fsp3) is 0.381. The molecule has 0 amide bonds. The van der Waals surface area contributed by atoms with E-state index in [9.17, 15) is 0 Å². The van der Waals surface area contributed by atoms with Gasteiger partial charge >= 0.3 is 0 Å². The van der Waals surface area contributed by atoms with E-state index >= 15 is 0 Å². The van der Waals surface area contributed by atoms with E-state index in [1.54, 1.807) is 0 Å². The molecule has 3 rings (SSSR count). The molecule has 0 atom stereocenters. The number of hydrogen-bond acceptors (Lipinski definition) is 2. The standard InChI is InChI=1S/C21H27N2S/c1-6-23(7-2)20-15-13-16(24-20)12-14-19-21(3,4)17-10-8-9-11-18(17)22(19)5/h8-15H,6-7H2,1-5H3/q+1. The van der Waals surface area contributed by atoms with Gasteiger partial charge in [-0.2, -0.15) is 4.58 Å². The van der Waals surface area contributed by atoms with Gasteiger partial charge in [-0.3, -0.25) is 0 Å². The van der Waals surface area contributed by atoms with Crippen LogP contribution in [0.3, 0.4) is 0 Å². The molecule has 0 bridgehead atoms. The smallest absolute Gasteiger partial charge is 0.209 e. The Hall–Kier alpha value is -1.87. The van der Waals surface area contributed by atoms with Gasteiger partial charge in [0.25, 0.3) is 0 Å². The largest absolute Gasteiger partial charge is 0.364 e. The molecule has 1 aromatic heterocycles. The zero-order chi connectivity index (χ0) is 17.3. The summed E-state index contributed by atoms with van der Waals surface area (Å²) in [6.45, 7) is 11.2. The molecule has 0 saturated heterocycles. The summed E-state index contributed by atoms with van der Waals surface area (Å²) >= 11 is 1.87. The minimum absolute atomic E-state index is 0.0425. The van der Waals surface area contributed by atoms with Crippen LogP contribution in [0.1, 0.15) is 38.1 Å². The van der Waals surface area contributed by atoms with Gasteiger partial charge in [0.15, 0.2) is 5.71 Å². The SMILES string of the molecule is CCN(CC)c1ccc(C=CC2=[N+](C)c3ccccc3C2(C)C)s1. The van der Waals surface area contributed by atoms with Crippen molar-refractivity contribution in [2.45, 2.75) is 33.1 Å². The molecule has 24 heavy (non-hydrogen) atoms. The number of para-hydroxylation sites is 1. The maximum Gasteiger partial charge on any atom is 0.209 e. The van der Waals surface area contributed by atoms with Crippen LogP contribution in [0.2, 0.25) is 0 Å². The highest BCUT2D eigenvalue weighted by molar-refractivity contribution is 7.16. The van der Waals surface area contributed by atoms with Gasteiger partial charge in [-0.25, -0.2) is 0 Å². The fourth-order valence-electron chi connectivity index (χ4n) is 3.60. The molecule has 0 spiro atoms. The predicted molar refractivity (Wildman–Crippen MR) is 107 cm³/mol. The van der Waals surface area contributed by atoms with Crippen LogP contribution in [-0.2, 0) is 5.41 Å². The number of benzene rings is 1. The average Bonchev–Trinajstić information content (AvgIpc) is 3.11. The maximum absolute atomic E-state index is 2.40. The zero-order valence-corrected chi connectivity index (χ0v) is 16.2. The van der Waals surface area contributed by atoms with Gasteiger partial charge in [0.2, 0.25) is 5.69 Å². The van der Waals surface area contributed by atoms with Crippen molar-refractivity contribution < 1.29 is 4.58 Å². The Morgan fingerprint density at radius 2 is 1.75 bits per heavy atom. The normalized spacial score (nSPS) is 16.0. The molecule has 0 saturated carbocycles. The molecule has 0 aliphatic carbocycles. The first kappa shape index (κ1) is 17.0. The molecule has 2 nitrogen and oxygen atoms in total. The summed E-state index contributed by atoms with van der Waals surface area (Å²) in [5.41, 5.74) is 4.11. The molecular formula is C21H27N2S+. The molecule has 1 aliphatic heterocycles. The van der Waals surface area contributed by atoms with E-state index in [0.717, 1.165) is 13.1 Å². The van der Waals surface area contributed by atoms with Gasteiger partial charge in [-0.05, 0) is 45.9 Å². The second-order valence-electron chi connectivity index (χ2n) is 6.77. The molecule has 1 aliphatic rings. The van der Waals surface area contributed by atoms with E-state index in [4.69, 9.17) is 0 Å². The van der Waals surface area contributed by atoms with E-state index in [1.165, 1.54) is 26.8 Å². The summed E-state index contributed by atoms with van der Waals surface area (Å²) in [5.74, 6) is 0. The minimum atomic E-state index is 0.0425. The molecule has 3 heteroatoms. The van der Waals surface area contributed by atoms with E-state index in [-0.39, 0.29) is 5.41 Å². The molecule has 0 fully saturated rings. The van der Waals surface area contributed by atoms with Crippen molar-refractivity contribution in [3.8, 4) is 0 Å². The van der Waals surface area contributed by atoms with E-state index in [0.29, 0.717) is 0 Å². The number of rotatable bonds is 5. The van der Waals surface area contributed by atoms with Gasteiger partial charge < -0.3 is 4.90 Å². The van der Waals surface area contributed by atoms with Crippen LogP contribution in [0.4, 0.5) is 10.7 Å². The van der Waals surface area contributed by atoms with E-state index in [1.807, 2.05) is 11.3 Å². The fourth-order valence-corrected chi connectivity index (χ4v) is 4.64. The van der Waals surface area contributed by atoms with Gasteiger partial charge in [0.1, 0.15) is 7.05 Å². The van der Waals surface area contributed by atoms with Crippen molar-refractivity contribution in [2.24, 2.45) is 0 Å². The molecule has 126 valence electrons. The molecular weight excluding hydrogens is 312 g/mol. The Morgan fingerprint density at radius 1 is 1.04 bits per heavy atom. The minimum Gasteiger partial charge on any atom is -0.364 e. The van der Waals surface area contributed by atoms with Crippen LogP contribution in [0, 0.1) is 0 Å². The van der Waals surface area contributed by atoms with Crippen LogP contribution in [-0.4, -0.2) is 30.4 Å². The third kappa shape index (κ3) is 2.82. The number of hydrogen-bond donors (Lipinski definition) is 0. The Labute approximate surface area is 149 Å². The third-order valence-corrected chi connectivity index (χ3v) is 6.14. The highest BCUT2D eigenvalue weighted by Gasteiger charge is 2.42. The lowest BCUT2D eigenvalue weighted by Gasteiger charge is -2.17. The van der Waals surface area contributed by atoms with Gasteiger partial charge in [0.05, 0.1) is 10.4 Å².